The van der Waals surface area contributed by atoms with Gasteiger partial charge in [0.1, 0.15) is 0 Å². The van der Waals surface area contributed by atoms with Gasteiger partial charge < -0.3 is 9.99 Å². The van der Waals surface area contributed by atoms with Gasteiger partial charge in [-0.1, -0.05) is 0 Å². The topological polar surface area (TPSA) is 79.2 Å². The zero-order chi connectivity index (χ0) is 11.4. The molecule has 1 aromatic heterocycles. The predicted molar refractivity (Wildman–Crippen MR) is 56.2 cm³/mol. The van der Waals surface area contributed by atoms with E-state index in [1.807, 2.05) is 0 Å². The first-order valence-corrected chi connectivity index (χ1v) is 4.40. The van der Waals surface area contributed by atoms with Gasteiger partial charge in [-0.3, -0.25) is 9.59 Å². The van der Waals surface area contributed by atoms with Gasteiger partial charge in [0.25, 0.3) is 0 Å². The minimum Gasteiger partial charge on any atom is -0.358 e. The monoisotopic (exact) mass is 207 g/mol. The zero-order valence-electron chi connectivity index (χ0n) is 8.65. The summed E-state index contributed by atoms with van der Waals surface area (Å²) < 4.78 is 0. The first-order chi connectivity index (χ1) is 7.00. The highest BCUT2D eigenvalue weighted by molar-refractivity contribution is 6.06. The number of nitrogens with zero attached hydrogens (tertiary/aromatic N) is 1. The van der Waals surface area contributed by atoms with Crippen LogP contribution in [0.25, 0.3) is 0 Å². The van der Waals surface area contributed by atoms with Crippen molar-refractivity contribution in [3.8, 4) is 0 Å². The van der Waals surface area contributed by atoms with Crippen LogP contribution in [0, 0.1) is 0 Å². The highest BCUT2D eigenvalue weighted by atomic mass is 16.1. The maximum absolute atomic E-state index is 11.5. The Morgan fingerprint density at radius 2 is 2.20 bits per heavy atom. The molecule has 0 aliphatic rings. The number of hydrogen-bond donors (Lipinski definition) is 2. The molecule has 1 aromatic rings. The fourth-order valence-electron chi connectivity index (χ4n) is 1.02. The standard InChI is InChI=1S/C10H13N3O2/c1-7(14)9-5-8(6-12-9)10(15)3-4-13(2)11/h3-6,12H,11H2,1-2H3. The Morgan fingerprint density at radius 1 is 1.53 bits per heavy atom. The minimum atomic E-state index is -0.198. The molecule has 80 valence electrons. The van der Waals surface area contributed by atoms with E-state index >= 15 is 0 Å². The predicted octanol–water partition coefficient (Wildman–Crippen LogP) is 0.719. The molecule has 0 saturated heterocycles. The number of nitrogens with one attached hydrogen (secondary N) is 1. The quantitative estimate of drug-likeness (QED) is 0.330. The molecule has 3 N–H and O–H groups in total. The van der Waals surface area contributed by atoms with Crippen LogP contribution in [0.4, 0.5) is 0 Å². The van der Waals surface area contributed by atoms with Crippen molar-refractivity contribution in [1.29, 1.82) is 0 Å². The van der Waals surface area contributed by atoms with Gasteiger partial charge in [-0.15, -0.1) is 0 Å². The number of aromatic nitrogens is 1. The molecule has 15 heavy (non-hydrogen) atoms. The second-order valence-corrected chi connectivity index (χ2v) is 3.20. The summed E-state index contributed by atoms with van der Waals surface area (Å²) in [6.07, 6.45) is 4.29. The van der Waals surface area contributed by atoms with Crippen molar-refractivity contribution in [2.75, 3.05) is 7.05 Å². The van der Waals surface area contributed by atoms with Crippen molar-refractivity contribution in [3.63, 3.8) is 0 Å². The van der Waals surface area contributed by atoms with Gasteiger partial charge >= 0.3 is 0 Å². The van der Waals surface area contributed by atoms with Crippen molar-refractivity contribution in [1.82, 2.24) is 9.99 Å². The molecule has 1 rings (SSSR count). The number of ketones is 2. The maximum atomic E-state index is 11.5. The highest BCUT2D eigenvalue weighted by Crippen LogP contribution is 2.05. The van der Waals surface area contributed by atoms with E-state index in [2.05, 4.69) is 4.98 Å². The lowest BCUT2D eigenvalue weighted by Gasteiger charge is -2.01. The lowest BCUT2D eigenvalue weighted by atomic mass is 10.2. The zero-order valence-corrected chi connectivity index (χ0v) is 8.65. The summed E-state index contributed by atoms with van der Waals surface area (Å²) in [4.78, 5) is 25.2. The lowest BCUT2D eigenvalue weighted by molar-refractivity contribution is 0.101. The van der Waals surface area contributed by atoms with Gasteiger partial charge in [-0.05, 0) is 6.07 Å². The molecular formula is C10H13N3O2. The Bertz CT molecular complexity index is 405. The lowest BCUT2D eigenvalue weighted by Crippen LogP contribution is -2.18. The molecule has 0 amide bonds. The van der Waals surface area contributed by atoms with Crippen molar-refractivity contribution in [2.24, 2.45) is 5.84 Å². The third kappa shape index (κ3) is 3.07. The van der Waals surface area contributed by atoms with Crippen molar-refractivity contribution in [3.05, 3.63) is 35.8 Å². The second-order valence-electron chi connectivity index (χ2n) is 3.20. The molecule has 0 aromatic carbocycles. The van der Waals surface area contributed by atoms with Gasteiger partial charge in [-0.25, -0.2) is 5.84 Å². The summed E-state index contributed by atoms with van der Waals surface area (Å²) in [6.45, 7) is 1.43. The van der Waals surface area contributed by atoms with Gasteiger partial charge in [0.2, 0.25) is 0 Å². The molecule has 1 heterocycles. The van der Waals surface area contributed by atoms with Crippen LogP contribution in [0.5, 0.6) is 0 Å². The van der Waals surface area contributed by atoms with E-state index in [1.165, 1.54) is 36.5 Å². The van der Waals surface area contributed by atoms with E-state index in [-0.39, 0.29) is 11.6 Å². The average molecular weight is 207 g/mol. The van der Waals surface area contributed by atoms with Gasteiger partial charge in [0.15, 0.2) is 11.6 Å². The third-order valence-electron chi connectivity index (χ3n) is 1.81. The van der Waals surface area contributed by atoms with Crippen LogP contribution in [0.1, 0.15) is 27.8 Å². The van der Waals surface area contributed by atoms with Crippen LogP contribution in [0.3, 0.4) is 0 Å². The Labute approximate surface area is 87.5 Å². The molecule has 5 nitrogen and oxygen atoms in total. The van der Waals surface area contributed by atoms with E-state index in [0.717, 1.165) is 0 Å². The SMILES string of the molecule is CC(=O)c1cc(C(=O)C=CN(C)N)c[nH]1. The van der Waals surface area contributed by atoms with Crippen LogP contribution >= 0.6 is 0 Å². The largest absolute Gasteiger partial charge is 0.358 e. The number of nitrogens with two attached hydrogens (primary N) is 1. The molecule has 0 saturated carbocycles. The van der Waals surface area contributed by atoms with E-state index in [0.29, 0.717) is 11.3 Å². The van der Waals surface area contributed by atoms with E-state index in [4.69, 9.17) is 5.84 Å². The Morgan fingerprint density at radius 3 is 2.67 bits per heavy atom. The molecule has 0 fully saturated rings. The molecule has 0 unspecified atom stereocenters. The Kier molecular flexibility index (Phi) is 3.41. The molecule has 0 spiro atoms. The summed E-state index contributed by atoms with van der Waals surface area (Å²) in [6, 6.07) is 1.52. The average Bonchev–Trinajstić information content (AvgIpc) is 2.62. The number of H-pyrrole nitrogens is 1. The number of hydrogen-bond acceptors (Lipinski definition) is 4. The number of Topliss-reactive ketones (excluding diaryl/α,β-unsaturated/α-hetero) is 1. The molecule has 5 heteroatoms. The Balaban J connectivity index is 2.79. The molecule has 0 atom stereocenters. The molecule has 0 bridgehead atoms. The van der Waals surface area contributed by atoms with E-state index in [1.54, 1.807) is 7.05 Å². The van der Waals surface area contributed by atoms with Crippen LogP contribution in [0.2, 0.25) is 0 Å². The summed E-state index contributed by atoms with van der Waals surface area (Å²) in [5.41, 5.74) is 0.867. The van der Waals surface area contributed by atoms with Gasteiger partial charge in [0, 0.05) is 38.0 Å². The molecule has 0 aliphatic heterocycles. The van der Waals surface area contributed by atoms with E-state index in [9.17, 15) is 9.59 Å². The fraction of sp³-hybridized carbons (Fsp3) is 0.200. The number of hydrazine groups is 1. The summed E-state index contributed by atoms with van der Waals surface area (Å²) in [7, 11) is 1.61. The van der Waals surface area contributed by atoms with Crippen molar-refractivity contribution >= 4 is 11.6 Å². The summed E-state index contributed by atoms with van der Waals surface area (Å²) >= 11 is 0. The molecular weight excluding hydrogens is 194 g/mol. The number of carbonyl (C=O) groups excluding carboxylic acids is 2. The van der Waals surface area contributed by atoms with Crippen LogP contribution in [-0.2, 0) is 0 Å². The first kappa shape index (κ1) is 11.2. The van der Waals surface area contributed by atoms with Gasteiger partial charge in [-0.2, -0.15) is 0 Å². The molecule has 0 aliphatic carbocycles. The number of rotatable bonds is 4. The van der Waals surface area contributed by atoms with Crippen LogP contribution < -0.4 is 5.84 Å². The highest BCUT2D eigenvalue weighted by Gasteiger charge is 2.07. The van der Waals surface area contributed by atoms with E-state index < -0.39 is 0 Å². The number of aromatic amines is 1. The first-order valence-electron chi connectivity index (χ1n) is 4.40. The number of carbonyl (C=O) groups is 2. The minimum absolute atomic E-state index is 0.103. The summed E-state index contributed by atoms with van der Waals surface area (Å²) in [5, 5.41) is 1.27. The fourth-order valence-corrected chi connectivity index (χ4v) is 1.02. The van der Waals surface area contributed by atoms with Gasteiger partial charge in [0.05, 0.1) is 5.69 Å². The molecule has 0 radical (unpaired) electrons. The third-order valence-corrected chi connectivity index (χ3v) is 1.81. The summed E-state index contributed by atoms with van der Waals surface area (Å²) in [5.74, 6) is 5.00. The number of allylic oxidation sites excluding steroid dienone is 1. The maximum Gasteiger partial charge on any atom is 0.188 e. The van der Waals surface area contributed by atoms with Crippen LogP contribution in [0.15, 0.2) is 24.5 Å². The normalized spacial score (nSPS) is 10.6. The smallest absolute Gasteiger partial charge is 0.188 e. The van der Waals surface area contributed by atoms with Crippen molar-refractivity contribution < 1.29 is 9.59 Å². The Hall–Kier alpha value is -1.88. The van der Waals surface area contributed by atoms with Crippen LogP contribution in [-0.4, -0.2) is 28.6 Å². The van der Waals surface area contributed by atoms with Crippen molar-refractivity contribution in [2.45, 2.75) is 6.92 Å². The second kappa shape index (κ2) is 4.56.